The van der Waals surface area contributed by atoms with Crippen molar-refractivity contribution >= 4 is 11.8 Å². The molecule has 4 unspecified atom stereocenters. The molecule has 1 fully saturated rings. The Labute approximate surface area is 125 Å². The van der Waals surface area contributed by atoms with E-state index in [0.717, 1.165) is 24.4 Å². The van der Waals surface area contributed by atoms with Crippen LogP contribution in [0.25, 0.3) is 0 Å². The van der Waals surface area contributed by atoms with Gasteiger partial charge in [-0.1, -0.05) is 20.3 Å². The van der Waals surface area contributed by atoms with Gasteiger partial charge in [0.15, 0.2) is 0 Å². The number of rotatable bonds is 8. The summed E-state index contributed by atoms with van der Waals surface area (Å²) in [4.78, 5) is 2.57. The largest absolute Gasteiger partial charge is 0.314 e. The van der Waals surface area contributed by atoms with Crippen LogP contribution >= 0.6 is 11.8 Å². The molecule has 0 heterocycles. The Morgan fingerprint density at radius 2 is 2.05 bits per heavy atom. The Bertz CT molecular complexity index is 235. The van der Waals surface area contributed by atoms with Crippen LogP contribution in [-0.4, -0.2) is 49.1 Å². The summed E-state index contributed by atoms with van der Waals surface area (Å²) in [5, 5.41) is 3.72. The molecule has 2 nitrogen and oxygen atoms in total. The molecule has 1 rings (SSSR count). The fraction of sp³-hybridized carbons (Fsp3) is 1.00. The molecule has 0 radical (unpaired) electrons. The summed E-state index contributed by atoms with van der Waals surface area (Å²) in [7, 11) is 2.31. The third kappa shape index (κ3) is 5.65. The summed E-state index contributed by atoms with van der Waals surface area (Å²) in [6.45, 7) is 9.33. The standard InChI is InChI=1S/C16H34N2S/c1-6-14-8-9-16(17-7-2)15(10-14)11-18(4)13(3)12-19-5/h13-17H,6-12H2,1-5H3. The van der Waals surface area contributed by atoms with Gasteiger partial charge in [-0.2, -0.15) is 11.8 Å². The second-order valence-corrected chi connectivity index (χ2v) is 7.17. The van der Waals surface area contributed by atoms with E-state index in [9.17, 15) is 0 Å². The first-order valence-corrected chi connectivity index (χ1v) is 9.44. The van der Waals surface area contributed by atoms with E-state index in [4.69, 9.17) is 0 Å². The Balaban J connectivity index is 2.53. The highest BCUT2D eigenvalue weighted by Crippen LogP contribution is 2.32. The number of hydrogen-bond acceptors (Lipinski definition) is 3. The Kier molecular flexibility index (Phi) is 8.43. The number of hydrogen-bond donors (Lipinski definition) is 1. The summed E-state index contributed by atoms with van der Waals surface area (Å²) in [6.07, 6.45) is 7.79. The van der Waals surface area contributed by atoms with E-state index in [1.165, 1.54) is 38.0 Å². The average molecular weight is 287 g/mol. The highest BCUT2D eigenvalue weighted by atomic mass is 32.2. The molecule has 3 heteroatoms. The van der Waals surface area contributed by atoms with Gasteiger partial charge in [0, 0.05) is 24.4 Å². The smallest absolute Gasteiger partial charge is 0.0155 e. The third-order valence-electron chi connectivity index (χ3n) is 4.82. The maximum atomic E-state index is 3.72. The van der Waals surface area contributed by atoms with Crippen molar-refractivity contribution in [3.8, 4) is 0 Å². The molecule has 4 atom stereocenters. The minimum atomic E-state index is 0.694. The van der Waals surface area contributed by atoms with Gasteiger partial charge in [-0.25, -0.2) is 0 Å². The third-order valence-corrected chi connectivity index (χ3v) is 5.63. The molecular formula is C16H34N2S. The highest BCUT2D eigenvalue weighted by Gasteiger charge is 2.30. The summed E-state index contributed by atoms with van der Waals surface area (Å²) in [5.74, 6) is 3.05. The van der Waals surface area contributed by atoms with E-state index in [1.54, 1.807) is 0 Å². The molecule has 0 aromatic rings. The van der Waals surface area contributed by atoms with Crippen LogP contribution in [0.4, 0.5) is 0 Å². The van der Waals surface area contributed by atoms with Crippen molar-refractivity contribution in [2.75, 3.05) is 32.1 Å². The number of nitrogens with one attached hydrogen (secondary N) is 1. The number of thioether (sulfide) groups is 1. The predicted molar refractivity (Wildman–Crippen MR) is 89.1 cm³/mol. The fourth-order valence-corrected chi connectivity index (χ4v) is 4.12. The van der Waals surface area contributed by atoms with Crippen molar-refractivity contribution in [2.45, 2.75) is 58.5 Å². The summed E-state index contributed by atoms with van der Waals surface area (Å²) < 4.78 is 0. The van der Waals surface area contributed by atoms with Crippen molar-refractivity contribution in [1.82, 2.24) is 10.2 Å². The molecule has 19 heavy (non-hydrogen) atoms. The molecule has 1 N–H and O–H groups in total. The number of nitrogens with zero attached hydrogens (tertiary/aromatic N) is 1. The lowest BCUT2D eigenvalue weighted by atomic mass is 9.76. The zero-order valence-electron chi connectivity index (χ0n) is 13.6. The van der Waals surface area contributed by atoms with Crippen LogP contribution in [0, 0.1) is 11.8 Å². The first kappa shape index (κ1) is 17.3. The normalized spacial score (nSPS) is 29.7. The second-order valence-electron chi connectivity index (χ2n) is 6.26. The quantitative estimate of drug-likeness (QED) is 0.735. The summed E-state index contributed by atoms with van der Waals surface area (Å²) in [6, 6.07) is 1.44. The van der Waals surface area contributed by atoms with E-state index in [0.29, 0.717) is 6.04 Å². The van der Waals surface area contributed by atoms with Gasteiger partial charge in [-0.15, -0.1) is 0 Å². The molecule has 1 aliphatic rings. The van der Waals surface area contributed by atoms with Crippen LogP contribution < -0.4 is 5.32 Å². The lowest BCUT2D eigenvalue weighted by molar-refractivity contribution is 0.139. The van der Waals surface area contributed by atoms with Crippen LogP contribution in [0.5, 0.6) is 0 Å². The monoisotopic (exact) mass is 286 g/mol. The summed E-state index contributed by atoms with van der Waals surface area (Å²) >= 11 is 1.96. The molecule has 0 aromatic heterocycles. The molecule has 0 aromatic carbocycles. The molecule has 0 aliphatic heterocycles. The van der Waals surface area contributed by atoms with Crippen LogP contribution in [-0.2, 0) is 0 Å². The van der Waals surface area contributed by atoms with Gasteiger partial charge < -0.3 is 10.2 Å². The van der Waals surface area contributed by atoms with Gasteiger partial charge in [-0.3, -0.25) is 0 Å². The van der Waals surface area contributed by atoms with E-state index >= 15 is 0 Å². The minimum absolute atomic E-state index is 0.694. The first-order chi connectivity index (χ1) is 9.12. The van der Waals surface area contributed by atoms with Crippen molar-refractivity contribution in [1.29, 1.82) is 0 Å². The highest BCUT2D eigenvalue weighted by molar-refractivity contribution is 7.98. The van der Waals surface area contributed by atoms with Crippen molar-refractivity contribution in [2.24, 2.45) is 11.8 Å². The van der Waals surface area contributed by atoms with Crippen molar-refractivity contribution < 1.29 is 0 Å². The van der Waals surface area contributed by atoms with Crippen LogP contribution in [0.1, 0.15) is 46.5 Å². The van der Waals surface area contributed by atoms with Gasteiger partial charge in [0.2, 0.25) is 0 Å². The first-order valence-electron chi connectivity index (χ1n) is 8.04. The molecule has 1 aliphatic carbocycles. The van der Waals surface area contributed by atoms with E-state index in [2.05, 4.69) is 44.3 Å². The molecule has 1 saturated carbocycles. The maximum absolute atomic E-state index is 3.72. The topological polar surface area (TPSA) is 15.3 Å². The Hall–Kier alpha value is 0.270. The molecule has 0 amide bonds. The average Bonchev–Trinajstić information content (AvgIpc) is 2.41. The zero-order valence-corrected chi connectivity index (χ0v) is 14.4. The van der Waals surface area contributed by atoms with Crippen molar-refractivity contribution in [3.63, 3.8) is 0 Å². The fourth-order valence-electron chi connectivity index (χ4n) is 3.38. The SMILES string of the molecule is CCNC1CCC(CC)CC1CN(C)C(C)CSC. The predicted octanol–water partition coefficient (Wildman–Crippen LogP) is 3.47. The van der Waals surface area contributed by atoms with Crippen LogP contribution in [0.3, 0.4) is 0 Å². The van der Waals surface area contributed by atoms with E-state index in [-0.39, 0.29) is 0 Å². The molecular weight excluding hydrogens is 252 g/mol. The van der Waals surface area contributed by atoms with E-state index in [1.807, 2.05) is 11.8 Å². The maximum Gasteiger partial charge on any atom is 0.0155 e. The lowest BCUT2D eigenvalue weighted by Gasteiger charge is -2.39. The molecule has 114 valence electrons. The zero-order chi connectivity index (χ0) is 14.3. The lowest BCUT2D eigenvalue weighted by Crippen LogP contribution is -2.47. The Morgan fingerprint density at radius 3 is 2.63 bits per heavy atom. The van der Waals surface area contributed by atoms with Gasteiger partial charge in [0.05, 0.1) is 0 Å². The second kappa shape index (κ2) is 9.25. The van der Waals surface area contributed by atoms with Gasteiger partial charge in [-0.05, 0) is 57.9 Å². The van der Waals surface area contributed by atoms with Crippen LogP contribution in [0.15, 0.2) is 0 Å². The van der Waals surface area contributed by atoms with Gasteiger partial charge >= 0.3 is 0 Å². The molecule has 0 saturated heterocycles. The molecule has 0 spiro atoms. The minimum Gasteiger partial charge on any atom is -0.314 e. The van der Waals surface area contributed by atoms with Crippen molar-refractivity contribution in [3.05, 3.63) is 0 Å². The Morgan fingerprint density at radius 1 is 1.32 bits per heavy atom. The van der Waals surface area contributed by atoms with Gasteiger partial charge in [0.25, 0.3) is 0 Å². The van der Waals surface area contributed by atoms with Gasteiger partial charge in [0.1, 0.15) is 0 Å². The van der Waals surface area contributed by atoms with E-state index < -0.39 is 0 Å². The van der Waals surface area contributed by atoms with Crippen LogP contribution in [0.2, 0.25) is 0 Å². The summed E-state index contributed by atoms with van der Waals surface area (Å²) in [5.41, 5.74) is 0. The molecule has 0 bridgehead atoms.